The van der Waals surface area contributed by atoms with Gasteiger partial charge in [-0.3, -0.25) is 0 Å². The van der Waals surface area contributed by atoms with Gasteiger partial charge >= 0.3 is 0 Å². The Hall–Kier alpha value is -0.190. The molecule has 0 aliphatic carbocycles. The van der Waals surface area contributed by atoms with E-state index in [0.717, 1.165) is 0 Å². The van der Waals surface area contributed by atoms with Crippen molar-refractivity contribution in [1.29, 1.82) is 0 Å². The Kier molecular flexibility index (Phi) is 2.23. The molecule has 4 atom stereocenters. The first-order valence-electron chi connectivity index (χ1n) is 3.24. The second kappa shape index (κ2) is 2.82. The maximum atomic E-state index is 12.7. The van der Waals surface area contributed by atoms with Gasteiger partial charge in [-0.2, -0.15) is 0 Å². The summed E-state index contributed by atoms with van der Waals surface area (Å²) in [6.45, 7) is 1.54. The van der Waals surface area contributed by atoms with Crippen LogP contribution in [0.2, 0.25) is 0 Å². The maximum absolute atomic E-state index is 12.7. The second-order valence-electron chi connectivity index (χ2n) is 2.54. The zero-order valence-electron chi connectivity index (χ0n) is 5.70. The Balaban J connectivity index is 2.52. The van der Waals surface area contributed by atoms with Gasteiger partial charge in [0, 0.05) is 0 Å². The minimum Gasteiger partial charge on any atom is -0.388 e. The van der Waals surface area contributed by atoms with Gasteiger partial charge in [-0.05, 0) is 6.92 Å². The summed E-state index contributed by atoms with van der Waals surface area (Å²) in [5.74, 6) is 0. The van der Waals surface area contributed by atoms with E-state index in [2.05, 4.69) is 0 Å². The highest BCUT2D eigenvalue weighted by Gasteiger charge is 2.36. The molecular formula is C6H11FO3. The number of hydrogen-bond acceptors (Lipinski definition) is 3. The lowest BCUT2D eigenvalue weighted by molar-refractivity contribution is -0.158. The molecule has 0 unspecified atom stereocenters. The summed E-state index contributed by atoms with van der Waals surface area (Å²) in [5, 5.41) is 17.8. The van der Waals surface area contributed by atoms with E-state index >= 15 is 0 Å². The summed E-state index contributed by atoms with van der Waals surface area (Å²) >= 11 is 0. The molecule has 2 N–H and O–H groups in total. The molecule has 0 saturated carbocycles. The van der Waals surface area contributed by atoms with Crippen LogP contribution in [0.15, 0.2) is 0 Å². The normalized spacial score (nSPS) is 49.2. The summed E-state index contributed by atoms with van der Waals surface area (Å²) in [6, 6.07) is 0. The molecule has 3 nitrogen and oxygen atoms in total. The molecule has 10 heavy (non-hydrogen) atoms. The zero-order chi connectivity index (χ0) is 7.72. The van der Waals surface area contributed by atoms with Crippen LogP contribution in [0.5, 0.6) is 0 Å². The molecule has 1 rings (SSSR count). The van der Waals surface area contributed by atoms with Gasteiger partial charge in [-0.25, -0.2) is 4.39 Å². The van der Waals surface area contributed by atoms with Crippen LogP contribution in [0, 0.1) is 0 Å². The van der Waals surface area contributed by atoms with Crippen LogP contribution in [0.1, 0.15) is 6.92 Å². The van der Waals surface area contributed by atoms with Gasteiger partial charge in [0.2, 0.25) is 0 Å². The SMILES string of the molecule is C[C@H]1OC[C@H](O)[C@@H](O)[C@H]1F. The molecule has 1 aliphatic heterocycles. The van der Waals surface area contributed by atoms with E-state index in [-0.39, 0.29) is 6.61 Å². The fourth-order valence-corrected chi connectivity index (χ4v) is 0.931. The third kappa shape index (κ3) is 1.28. The Morgan fingerprint density at radius 2 is 2.10 bits per heavy atom. The smallest absolute Gasteiger partial charge is 0.154 e. The summed E-state index contributed by atoms with van der Waals surface area (Å²) in [6.07, 6.45) is -4.45. The van der Waals surface area contributed by atoms with Crippen molar-refractivity contribution < 1.29 is 19.3 Å². The van der Waals surface area contributed by atoms with Crippen molar-refractivity contribution in [2.24, 2.45) is 0 Å². The van der Waals surface area contributed by atoms with E-state index in [1.807, 2.05) is 0 Å². The fraction of sp³-hybridized carbons (Fsp3) is 1.00. The third-order valence-electron chi connectivity index (χ3n) is 1.70. The monoisotopic (exact) mass is 150 g/mol. The standard InChI is InChI=1S/C6H11FO3/c1-3-5(7)6(9)4(8)2-10-3/h3-6,8-9H,2H2,1H3/t3-,4+,5+,6-/m1/s1. The molecule has 0 bridgehead atoms. The number of halogens is 1. The van der Waals surface area contributed by atoms with Crippen molar-refractivity contribution in [3.63, 3.8) is 0 Å². The molecule has 4 heteroatoms. The van der Waals surface area contributed by atoms with Crippen LogP contribution in [-0.4, -0.2) is 41.3 Å². The van der Waals surface area contributed by atoms with Crippen molar-refractivity contribution in [3.8, 4) is 0 Å². The molecule has 0 aromatic rings. The highest BCUT2D eigenvalue weighted by Crippen LogP contribution is 2.17. The summed E-state index contributed by atoms with van der Waals surface area (Å²) in [7, 11) is 0. The molecule has 0 spiro atoms. The quantitative estimate of drug-likeness (QED) is 0.488. The lowest BCUT2D eigenvalue weighted by Crippen LogP contribution is -2.49. The molecule has 0 aromatic carbocycles. The van der Waals surface area contributed by atoms with Gasteiger partial charge < -0.3 is 14.9 Å². The lowest BCUT2D eigenvalue weighted by Gasteiger charge is -2.31. The average Bonchev–Trinajstić information content (AvgIpc) is 1.93. The minimum absolute atomic E-state index is 0.0166. The molecule has 60 valence electrons. The van der Waals surface area contributed by atoms with Crippen molar-refractivity contribution >= 4 is 0 Å². The van der Waals surface area contributed by atoms with Gasteiger partial charge in [0.25, 0.3) is 0 Å². The van der Waals surface area contributed by atoms with E-state index in [0.29, 0.717) is 0 Å². The molecule has 0 aromatic heterocycles. The largest absolute Gasteiger partial charge is 0.388 e. The topological polar surface area (TPSA) is 49.7 Å². The number of rotatable bonds is 0. The van der Waals surface area contributed by atoms with Gasteiger partial charge in [0.15, 0.2) is 6.17 Å². The highest BCUT2D eigenvalue weighted by molar-refractivity contribution is 4.84. The predicted octanol–water partition coefficient (Wildman–Crippen LogP) is -0.535. The van der Waals surface area contributed by atoms with Gasteiger partial charge in [-0.1, -0.05) is 0 Å². The second-order valence-corrected chi connectivity index (χ2v) is 2.54. The van der Waals surface area contributed by atoms with E-state index in [1.54, 1.807) is 0 Å². The first kappa shape index (κ1) is 7.91. The molecule has 1 saturated heterocycles. The van der Waals surface area contributed by atoms with Crippen LogP contribution >= 0.6 is 0 Å². The van der Waals surface area contributed by atoms with Crippen molar-refractivity contribution in [3.05, 3.63) is 0 Å². The molecule has 0 amide bonds. The van der Waals surface area contributed by atoms with Crippen molar-refractivity contribution in [2.45, 2.75) is 31.4 Å². The molecule has 1 heterocycles. The summed E-state index contributed by atoms with van der Waals surface area (Å²) in [5.41, 5.74) is 0. The Morgan fingerprint density at radius 1 is 1.50 bits per heavy atom. The van der Waals surface area contributed by atoms with E-state index in [4.69, 9.17) is 14.9 Å². The van der Waals surface area contributed by atoms with Crippen LogP contribution in [0.4, 0.5) is 4.39 Å². The Morgan fingerprint density at radius 3 is 2.60 bits per heavy atom. The molecular weight excluding hydrogens is 139 g/mol. The number of hydrogen-bond donors (Lipinski definition) is 2. The van der Waals surface area contributed by atoms with Crippen LogP contribution < -0.4 is 0 Å². The van der Waals surface area contributed by atoms with E-state index in [1.165, 1.54) is 6.92 Å². The molecule has 0 radical (unpaired) electrons. The summed E-state index contributed by atoms with van der Waals surface area (Å²) < 4.78 is 17.5. The average molecular weight is 150 g/mol. The minimum atomic E-state index is -1.47. The Labute approximate surface area is 58.4 Å². The lowest BCUT2D eigenvalue weighted by atomic mass is 10.0. The number of aliphatic hydroxyl groups excluding tert-OH is 2. The van der Waals surface area contributed by atoms with E-state index in [9.17, 15) is 4.39 Å². The fourth-order valence-electron chi connectivity index (χ4n) is 0.931. The third-order valence-corrected chi connectivity index (χ3v) is 1.70. The number of ether oxygens (including phenoxy) is 1. The number of aliphatic hydroxyl groups is 2. The summed E-state index contributed by atoms with van der Waals surface area (Å²) in [4.78, 5) is 0. The highest BCUT2D eigenvalue weighted by atomic mass is 19.1. The van der Waals surface area contributed by atoms with Crippen LogP contribution in [0.3, 0.4) is 0 Å². The van der Waals surface area contributed by atoms with Crippen molar-refractivity contribution in [1.82, 2.24) is 0 Å². The predicted molar refractivity (Wildman–Crippen MR) is 32.3 cm³/mol. The van der Waals surface area contributed by atoms with Crippen molar-refractivity contribution in [2.75, 3.05) is 6.61 Å². The van der Waals surface area contributed by atoms with Gasteiger partial charge in [0.1, 0.15) is 12.2 Å². The number of alkyl halides is 1. The maximum Gasteiger partial charge on any atom is 0.154 e. The molecule has 1 fully saturated rings. The first-order valence-corrected chi connectivity index (χ1v) is 3.24. The zero-order valence-corrected chi connectivity index (χ0v) is 5.70. The first-order chi connectivity index (χ1) is 4.63. The van der Waals surface area contributed by atoms with Crippen LogP contribution in [-0.2, 0) is 4.74 Å². The van der Waals surface area contributed by atoms with E-state index < -0.39 is 24.5 Å². The molecule has 1 aliphatic rings. The van der Waals surface area contributed by atoms with Gasteiger partial charge in [-0.15, -0.1) is 0 Å². The Bertz CT molecular complexity index is 106. The van der Waals surface area contributed by atoms with Crippen LogP contribution in [0.25, 0.3) is 0 Å². The van der Waals surface area contributed by atoms with Gasteiger partial charge in [0.05, 0.1) is 12.7 Å².